The molecule has 0 bridgehead atoms. The molecule has 2 aliphatic rings. The molecule has 2 fully saturated rings. The number of amidine groups is 1. The Morgan fingerprint density at radius 1 is 1.07 bits per heavy atom. The number of benzene rings is 2. The van der Waals surface area contributed by atoms with Crippen LogP contribution in [0.25, 0.3) is 6.08 Å². The molecule has 1 heterocycles. The molecule has 1 saturated carbocycles. The van der Waals surface area contributed by atoms with Gasteiger partial charge in [0, 0.05) is 11.6 Å². The van der Waals surface area contributed by atoms with Crippen LogP contribution in [0.4, 0.5) is 5.69 Å². The molecule has 1 aliphatic heterocycles. The zero-order valence-corrected chi connectivity index (χ0v) is 16.8. The zero-order chi connectivity index (χ0) is 19.5. The van der Waals surface area contributed by atoms with Gasteiger partial charge in [0.2, 0.25) is 0 Å². The lowest BCUT2D eigenvalue weighted by Gasteiger charge is -2.30. The number of aryl methyl sites for hydroxylation is 1. The van der Waals surface area contributed by atoms with Gasteiger partial charge in [-0.3, -0.25) is 9.69 Å². The SMILES string of the molecule is Cc1ccc(N=C2S/C(=C/c3ccccc3O)C(=O)N2C2CCCCC2)cc1. The smallest absolute Gasteiger partial charge is 0.267 e. The molecule has 2 aromatic rings. The van der Waals surface area contributed by atoms with Crippen molar-refractivity contribution < 1.29 is 9.90 Å². The summed E-state index contributed by atoms with van der Waals surface area (Å²) in [6.07, 6.45) is 7.34. The summed E-state index contributed by atoms with van der Waals surface area (Å²) in [6, 6.07) is 15.3. The minimum absolute atomic E-state index is 0.00832. The first-order chi connectivity index (χ1) is 13.6. The third kappa shape index (κ3) is 3.99. The second-order valence-electron chi connectivity index (χ2n) is 7.37. The van der Waals surface area contributed by atoms with Crippen LogP contribution in [0.5, 0.6) is 5.75 Å². The highest BCUT2D eigenvalue weighted by Gasteiger charge is 2.38. The van der Waals surface area contributed by atoms with Gasteiger partial charge in [-0.15, -0.1) is 0 Å². The standard InChI is InChI=1S/C23H24N2O2S/c1-16-11-13-18(14-12-16)24-23-25(19-8-3-2-4-9-19)22(27)21(28-23)15-17-7-5-6-10-20(17)26/h5-7,10-15,19,26H,2-4,8-9H2,1H3/b21-15+,24-23?. The monoisotopic (exact) mass is 392 g/mol. The molecule has 5 heteroatoms. The fraction of sp³-hybridized carbons (Fsp3) is 0.304. The maximum absolute atomic E-state index is 13.2. The normalized spacial score (nSPS) is 21.0. The summed E-state index contributed by atoms with van der Waals surface area (Å²) in [5.41, 5.74) is 2.69. The van der Waals surface area contributed by atoms with Crippen molar-refractivity contribution in [1.82, 2.24) is 4.90 Å². The largest absolute Gasteiger partial charge is 0.507 e. The number of carbonyl (C=O) groups excluding carboxylic acids is 1. The lowest BCUT2D eigenvalue weighted by molar-refractivity contribution is -0.124. The van der Waals surface area contributed by atoms with Gasteiger partial charge in [0.05, 0.1) is 10.6 Å². The van der Waals surface area contributed by atoms with Gasteiger partial charge in [0.15, 0.2) is 5.17 Å². The Morgan fingerprint density at radius 2 is 1.79 bits per heavy atom. The van der Waals surface area contributed by atoms with Gasteiger partial charge >= 0.3 is 0 Å². The maximum atomic E-state index is 13.2. The minimum atomic E-state index is -0.00832. The first kappa shape index (κ1) is 18.8. The van der Waals surface area contributed by atoms with Gasteiger partial charge in [0.25, 0.3) is 5.91 Å². The van der Waals surface area contributed by atoms with Crippen molar-refractivity contribution in [3.8, 4) is 5.75 Å². The van der Waals surface area contributed by atoms with Crippen LogP contribution in [-0.2, 0) is 4.79 Å². The number of thioether (sulfide) groups is 1. The maximum Gasteiger partial charge on any atom is 0.267 e. The van der Waals surface area contributed by atoms with E-state index < -0.39 is 0 Å². The van der Waals surface area contributed by atoms with Gasteiger partial charge in [0.1, 0.15) is 5.75 Å². The number of carbonyl (C=O) groups is 1. The summed E-state index contributed by atoms with van der Waals surface area (Å²) in [5, 5.41) is 10.8. The number of rotatable bonds is 3. The predicted octanol–water partition coefficient (Wildman–Crippen LogP) is 5.64. The molecule has 4 nitrogen and oxygen atoms in total. The molecule has 1 amide bonds. The van der Waals surface area contributed by atoms with E-state index >= 15 is 0 Å². The van der Waals surface area contributed by atoms with Crippen molar-refractivity contribution in [2.45, 2.75) is 45.1 Å². The predicted molar refractivity (Wildman–Crippen MR) is 116 cm³/mol. The lowest BCUT2D eigenvalue weighted by atomic mass is 9.94. The number of para-hydroxylation sites is 1. The van der Waals surface area contributed by atoms with E-state index in [4.69, 9.17) is 4.99 Å². The number of phenolic OH excluding ortho intramolecular Hbond substituents is 1. The van der Waals surface area contributed by atoms with E-state index in [-0.39, 0.29) is 17.7 Å². The summed E-state index contributed by atoms with van der Waals surface area (Å²) in [7, 11) is 0. The zero-order valence-electron chi connectivity index (χ0n) is 16.0. The topological polar surface area (TPSA) is 52.9 Å². The minimum Gasteiger partial charge on any atom is -0.507 e. The molecule has 0 unspecified atom stereocenters. The Kier molecular flexibility index (Phi) is 5.53. The van der Waals surface area contributed by atoms with E-state index in [1.54, 1.807) is 18.2 Å². The molecule has 1 aliphatic carbocycles. The van der Waals surface area contributed by atoms with Crippen LogP contribution in [0.15, 0.2) is 58.4 Å². The van der Waals surface area contributed by atoms with Crippen LogP contribution in [0, 0.1) is 6.92 Å². The van der Waals surface area contributed by atoms with Crippen molar-refractivity contribution in [2.24, 2.45) is 4.99 Å². The van der Waals surface area contributed by atoms with Gasteiger partial charge in [-0.05, 0) is 55.8 Å². The van der Waals surface area contributed by atoms with Gasteiger partial charge in [-0.25, -0.2) is 4.99 Å². The van der Waals surface area contributed by atoms with Crippen LogP contribution in [0.2, 0.25) is 0 Å². The summed E-state index contributed by atoms with van der Waals surface area (Å²) < 4.78 is 0. The summed E-state index contributed by atoms with van der Waals surface area (Å²) in [6.45, 7) is 2.05. The van der Waals surface area contributed by atoms with Gasteiger partial charge in [-0.1, -0.05) is 55.2 Å². The van der Waals surface area contributed by atoms with Crippen molar-refractivity contribution in [3.05, 3.63) is 64.6 Å². The molecule has 1 saturated heterocycles. The Hall–Kier alpha value is -2.53. The Balaban J connectivity index is 1.71. The molecule has 28 heavy (non-hydrogen) atoms. The van der Waals surface area contributed by atoms with E-state index in [0.29, 0.717) is 10.5 Å². The summed E-state index contributed by atoms with van der Waals surface area (Å²) in [5.74, 6) is 0.169. The highest BCUT2D eigenvalue weighted by atomic mass is 32.2. The number of aromatic hydroxyl groups is 1. The van der Waals surface area contributed by atoms with Crippen LogP contribution >= 0.6 is 11.8 Å². The van der Waals surface area contributed by atoms with Crippen LogP contribution in [0.1, 0.15) is 43.2 Å². The van der Waals surface area contributed by atoms with Crippen LogP contribution < -0.4 is 0 Å². The number of phenols is 1. The average molecular weight is 393 g/mol. The molecule has 2 aromatic carbocycles. The van der Waals surface area contributed by atoms with Crippen molar-refractivity contribution in [3.63, 3.8) is 0 Å². The average Bonchev–Trinajstić information content (AvgIpc) is 3.01. The summed E-state index contributed by atoms with van der Waals surface area (Å²) >= 11 is 1.40. The molecule has 0 radical (unpaired) electrons. The first-order valence-corrected chi connectivity index (χ1v) is 10.6. The molecular weight excluding hydrogens is 368 g/mol. The third-order valence-corrected chi connectivity index (χ3v) is 6.24. The third-order valence-electron chi connectivity index (χ3n) is 5.26. The van der Waals surface area contributed by atoms with Crippen LogP contribution in [0.3, 0.4) is 0 Å². The molecule has 144 valence electrons. The molecule has 4 rings (SSSR count). The van der Waals surface area contributed by atoms with Gasteiger partial charge in [-0.2, -0.15) is 0 Å². The lowest BCUT2D eigenvalue weighted by Crippen LogP contribution is -2.40. The molecular formula is C23H24N2O2S. The molecule has 0 spiro atoms. The second-order valence-corrected chi connectivity index (χ2v) is 8.38. The number of nitrogens with zero attached hydrogens (tertiary/aromatic N) is 2. The number of aliphatic imine (C=N–C) groups is 1. The van der Waals surface area contributed by atoms with E-state index in [2.05, 4.69) is 0 Å². The van der Waals surface area contributed by atoms with Crippen molar-refractivity contribution in [2.75, 3.05) is 0 Å². The van der Waals surface area contributed by atoms with E-state index in [1.165, 1.54) is 23.7 Å². The number of hydrogen-bond donors (Lipinski definition) is 1. The van der Waals surface area contributed by atoms with Crippen LogP contribution in [-0.4, -0.2) is 27.1 Å². The molecule has 1 N–H and O–H groups in total. The Labute approximate surface area is 170 Å². The first-order valence-electron chi connectivity index (χ1n) is 9.78. The Bertz CT molecular complexity index is 928. The van der Waals surface area contributed by atoms with E-state index in [1.807, 2.05) is 48.2 Å². The quantitative estimate of drug-likeness (QED) is 0.688. The van der Waals surface area contributed by atoms with E-state index in [9.17, 15) is 9.90 Å². The Morgan fingerprint density at radius 3 is 2.50 bits per heavy atom. The highest BCUT2D eigenvalue weighted by molar-refractivity contribution is 8.18. The van der Waals surface area contributed by atoms with Crippen molar-refractivity contribution >= 4 is 34.6 Å². The fourth-order valence-electron chi connectivity index (χ4n) is 3.71. The fourth-order valence-corrected chi connectivity index (χ4v) is 4.76. The van der Waals surface area contributed by atoms with Crippen molar-refractivity contribution in [1.29, 1.82) is 0 Å². The molecule has 0 aromatic heterocycles. The summed E-state index contributed by atoms with van der Waals surface area (Å²) in [4.78, 5) is 20.5. The molecule has 0 atom stereocenters. The van der Waals surface area contributed by atoms with E-state index in [0.717, 1.165) is 36.5 Å². The second kappa shape index (κ2) is 8.23. The number of hydrogen-bond acceptors (Lipinski definition) is 4. The van der Waals surface area contributed by atoms with Gasteiger partial charge < -0.3 is 5.11 Å². The number of amides is 1. The highest BCUT2D eigenvalue weighted by Crippen LogP contribution is 2.39.